The van der Waals surface area contributed by atoms with Crippen LogP contribution in [0.4, 0.5) is 11.4 Å². The van der Waals surface area contributed by atoms with E-state index in [1.54, 1.807) is 7.11 Å². The third-order valence-electron chi connectivity index (χ3n) is 7.81. The van der Waals surface area contributed by atoms with E-state index in [-0.39, 0.29) is 11.8 Å². The standard InChI is InChI=1S/C35H38N2O2/c1-36(2)32-21-18-29(19-22-32)28-16-14-26(15-17-28)25-37(35(38)30-12-8-5-9-13-30)33-24-31(20-23-34(33)39-3)27-10-6-4-7-11-27/h4,6-7,10-11,14-24,30H,5,8-9,12-13,25H2,1-3H3. The maximum Gasteiger partial charge on any atom is 0.230 e. The van der Waals surface area contributed by atoms with Gasteiger partial charge in [-0.3, -0.25) is 4.79 Å². The number of anilines is 2. The van der Waals surface area contributed by atoms with Crippen molar-refractivity contribution in [3.05, 3.63) is 103 Å². The third-order valence-corrected chi connectivity index (χ3v) is 7.81. The molecular weight excluding hydrogens is 480 g/mol. The number of hydrogen-bond donors (Lipinski definition) is 0. The molecule has 0 spiro atoms. The Morgan fingerprint density at radius 1 is 0.744 bits per heavy atom. The molecule has 0 radical (unpaired) electrons. The van der Waals surface area contributed by atoms with Gasteiger partial charge in [0.15, 0.2) is 0 Å². The van der Waals surface area contributed by atoms with Crippen LogP contribution in [-0.4, -0.2) is 27.1 Å². The van der Waals surface area contributed by atoms with E-state index in [1.807, 2.05) is 29.2 Å². The van der Waals surface area contributed by atoms with Gasteiger partial charge >= 0.3 is 0 Å². The number of ether oxygens (including phenoxy) is 1. The van der Waals surface area contributed by atoms with E-state index in [9.17, 15) is 4.79 Å². The highest BCUT2D eigenvalue weighted by atomic mass is 16.5. The topological polar surface area (TPSA) is 32.8 Å². The molecule has 0 heterocycles. The molecule has 0 unspecified atom stereocenters. The van der Waals surface area contributed by atoms with Gasteiger partial charge in [-0.2, -0.15) is 0 Å². The van der Waals surface area contributed by atoms with Crippen LogP contribution < -0.4 is 14.5 Å². The number of hydrogen-bond acceptors (Lipinski definition) is 3. The molecular formula is C35H38N2O2. The van der Waals surface area contributed by atoms with Crippen LogP contribution in [0.5, 0.6) is 5.75 Å². The van der Waals surface area contributed by atoms with Crippen LogP contribution in [0.3, 0.4) is 0 Å². The Morgan fingerprint density at radius 3 is 1.95 bits per heavy atom. The molecule has 0 saturated heterocycles. The summed E-state index contributed by atoms with van der Waals surface area (Å²) in [7, 11) is 5.78. The summed E-state index contributed by atoms with van der Waals surface area (Å²) in [4.78, 5) is 18.1. The van der Waals surface area contributed by atoms with E-state index in [4.69, 9.17) is 4.74 Å². The van der Waals surface area contributed by atoms with Crippen LogP contribution in [0.25, 0.3) is 22.3 Å². The van der Waals surface area contributed by atoms with Crippen LogP contribution in [-0.2, 0) is 11.3 Å². The van der Waals surface area contributed by atoms with Crippen molar-refractivity contribution in [2.45, 2.75) is 38.6 Å². The quantitative estimate of drug-likeness (QED) is 0.236. The number of nitrogens with zero attached hydrogens (tertiary/aromatic N) is 2. The first-order valence-electron chi connectivity index (χ1n) is 13.9. The number of methoxy groups -OCH3 is 1. The second-order valence-electron chi connectivity index (χ2n) is 10.7. The van der Waals surface area contributed by atoms with E-state index in [1.165, 1.54) is 17.7 Å². The monoisotopic (exact) mass is 518 g/mol. The van der Waals surface area contributed by atoms with Gasteiger partial charge in [0.1, 0.15) is 5.75 Å². The average molecular weight is 519 g/mol. The van der Waals surface area contributed by atoms with Gasteiger partial charge in [-0.25, -0.2) is 0 Å². The zero-order chi connectivity index (χ0) is 27.2. The fourth-order valence-corrected chi connectivity index (χ4v) is 5.50. The minimum Gasteiger partial charge on any atom is -0.495 e. The maximum atomic E-state index is 14.1. The SMILES string of the molecule is COc1ccc(-c2ccccc2)cc1N(Cc1ccc(-c2ccc(N(C)C)cc2)cc1)C(=O)C1CCCCC1. The van der Waals surface area contributed by atoms with Gasteiger partial charge in [0.05, 0.1) is 19.3 Å². The summed E-state index contributed by atoms with van der Waals surface area (Å²) in [5.41, 5.74) is 7.65. The van der Waals surface area contributed by atoms with E-state index in [2.05, 4.69) is 91.8 Å². The summed E-state index contributed by atoms with van der Waals surface area (Å²) in [5, 5.41) is 0. The number of carbonyl (C=O) groups is 1. The number of carbonyl (C=O) groups excluding carboxylic acids is 1. The predicted octanol–water partition coefficient (Wildman–Crippen LogP) is 8.21. The minimum absolute atomic E-state index is 0.0540. The first-order chi connectivity index (χ1) is 19.0. The van der Waals surface area contributed by atoms with Crippen molar-refractivity contribution in [1.82, 2.24) is 0 Å². The van der Waals surface area contributed by atoms with Gasteiger partial charge in [-0.1, -0.05) is 92.1 Å². The first-order valence-corrected chi connectivity index (χ1v) is 13.9. The zero-order valence-electron chi connectivity index (χ0n) is 23.3. The van der Waals surface area contributed by atoms with Crippen molar-refractivity contribution in [3.63, 3.8) is 0 Å². The van der Waals surface area contributed by atoms with Crippen molar-refractivity contribution in [3.8, 4) is 28.0 Å². The second-order valence-corrected chi connectivity index (χ2v) is 10.7. The Balaban J connectivity index is 1.47. The fourth-order valence-electron chi connectivity index (χ4n) is 5.50. The summed E-state index contributed by atoms with van der Waals surface area (Å²) in [6.07, 6.45) is 5.36. The predicted molar refractivity (Wildman–Crippen MR) is 162 cm³/mol. The van der Waals surface area contributed by atoms with E-state index in [0.29, 0.717) is 6.54 Å². The Morgan fingerprint density at radius 2 is 1.33 bits per heavy atom. The molecule has 1 saturated carbocycles. The largest absolute Gasteiger partial charge is 0.495 e. The molecule has 1 aliphatic rings. The summed E-state index contributed by atoms with van der Waals surface area (Å²) in [6.45, 7) is 0.504. The Hall–Kier alpha value is -4.05. The molecule has 0 bridgehead atoms. The Bertz CT molecular complexity index is 1370. The molecule has 200 valence electrons. The van der Waals surface area contributed by atoms with Crippen LogP contribution in [0.1, 0.15) is 37.7 Å². The number of rotatable bonds is 8. The van der Waals surface area contributed by atoms with Gasteiger partial charge in [0.25, 0.3) is 0 Å². The highest BCUT2D eigenvalue weighted by Gasteiger charge is 2.29. The highest BCUT2D eigenvalue weighted by Crippen LogP contribution is 2.37. The lowest BCUT2D eigenvalue weighted by molar-refractivity contribution is -0.123. The van der Waals surface area contributed by atoms with E-state index in [0.717, 1.165) is 59.4 Å². The van der Waals surface area contributed by atoms with Crippen LogP contribution in [0.15, 0.2) is 97.1 Å². The third kappa shape index (κ3) is 6.17. The first kappa shape index (κ1) is 26.6. The van der Waals surface area contributed by atoms with E-state index < -0.39 is 0 Å². The van der Waals surface area contributed by atoms with E-state index >= 15 is 0 Å². The van der Waals surface area contributed by atoms with Crippen LogP contribution >= 0.6 is 0 Å². The highest BCUT2D eigenvalue weighted by molar-refractivity contribution is 5.97. The lowest BCUT2D eigenvalue weighted by Gasteiger charge is -2.31. The molecule has 0 aliphatic heterocycles. The van der Waals surface area contributed by atoms with Gasteiger partial charge in [-0.15, -0.1) is 0 Å². The van der Waals surface area contributed by atoms with Gasteiger partial charge in [0, 0.05) is 25.7 Å². The lowest BCUT2D eigenvalue weighted by atomic mass is 9.88. The van der Waals surface area contributed by atoms with Crippen molar-refractivity contribution in [2.75, 3.05) is 31.0 Å². The normalized spacial score (nSPS) is 13.6. The van der Waals surface area contributed by atoms with Crippen LogP contribution in [0.2, 0.25) is 0 Å². The maximum absolute atomic E-state index is 14.1. The Kier molecular flexibility index (Phi) is 8.31. The molecule has 1 amide bonds. The molecule has 0 N–H and O–H groups in total. The summed E-state index contributed by atoms with van der Waals surface area (Å²) < 4.78 is 5.80. The molecule has 0 atom stereocenters. The second kappa shape index (κ2) is 12.2. The molecule has 0 aromatic heterocycles. The minimum atomic E-state index is 0.0540. The van der Waals surface area contributed by atoms with Gasteiger partial charge in [0.2, 0.25) is 5.91 Å². The number of benzene rings is 4. The fraction of sp³-hybridized carbons (Fsp3) is 0.286. The van der Waals surface area contributed by atoms with Crippen LogP contribution in [0, 0.1) is 5.92 Å². The molecule has 4 heteroatoms. The van der Waals surface area contributed by atoms with Crippen molar-refractivity contribution >= 4 is 17.3 Å². The average Bonchev–Trinajstić information content (AvgIpc) is 3.00. The molecule has 1 aliphatic carbocycles. The van der Waals surface area contributed by atoms with Crippen molar-refractivity contribution < 1.29 is 9.53 Å². The van der Waals surface area contributed by atoms with Gasteiger partial charge in [-0.05, 0) is 64.9 Å². The van der Waals surface area contributed by atoms with Crippen molar-refractivity contribution in [2.24, 2.45) is 5.92 Å². The molecule has 4 aromatic rings. The molecule has 5 rings (SSSR count). The smallest absolute Gasteiger partial charge is 0.230 e. The summed E-state index contributed by atoms with van der Waals surface area (Å²) >= 11 is 0. The Labute approximate surface area is 232 Å². The molecule has 4 aromatic carbocycles. The lowest BCUT2D eigenvalue weighted by Crippen LogP contribution is -2.37. The van der Waals surface area contributed by atoms with Gasteiger partial charge < -0.3 is 14.5 Å². The molecule has 39 heavy (non-hydrogen) atoms. The molecule has 4 nitrogen and oxygen atoms in total. The summed E-state index contributed by atoms with van der Waals surface area (Å²) in [6, 6.07) is 33.6. The van der Waals surface area contributed by atoms with Crippen molar-refractivity contribution in [1.29, 1.82) is 0 Å². The summed E-state index contributed by atoms with van der Waals surface area (Å²) in [5.74, 6) is 0.969. The zero-order valence-corrected chi connectivity index (χ0v) is 23.3. The number of amides is 1. The molecule has 1 fully saturated rings.